The summed E-state index contributed by atoms with van der Waals surface area (Å²) in [7, 11) is 0. The highest BCUT2D eigenvalue weighted by Crippen LogP contribution is 2.36. The molecule has 0 radical (unpaired) electrons. The number of carbonyl (C=O) groups is 2. The lowest BCUT2D eigenvalue weighted by Crippen LogP contribution is -2.39. The minimum atomic E-state index is -2.29. The second-order valence-electron chi connectivity index (χ2n) is 7.57. The van der Waals surface area contributed by atoms with Crippen molar-refractivity contribution in [1.29, 1.82) is 0 Å². The fourth-order valence-corrected chi connectivity index (χ4v) is 4.01. The van der Waals surface area contributed by atoms with Gasteiger partial charge in [-0.3, -0.25) is 4.79 Å². The SMILES string of the molecule is O=C1C2Cc3ccccc3CN2C(=O)N1c1ccc(Oc2c(F)c(F)c(F)c(F)c2F)cc1. The zero-order valence-electron chi connectivity index (χ0n) is 16.6. The van der Waals surface area contributed by atoms with E-state index in [0.29, 0.717) is 6.42 Å². The van der Waals surface area contributed by atoms with E-state index in [1.165, 1.54) is 17.0 Å². The van der Waals surface area contributed by atoms with Crippen molar-refractivity contribution in [2.75, 3.05) is 4.90 Å². The summed E-state index contributed by atoms with van der Waals surface area (Å²) in [4.78, 5) is 28.3. The molecule has 5 rings (SSSR count). The standard InChI is InChI=1S/C23H13F5N2O3/c24-16-17(25)19(27)21(20(28)18(16)26)33-14-7-5-13(6-8-14)30-22(31)15-9-11-3-1-2-4-12(11)10-29(15)23(30)32/h1-8,15H,9-10H2. The molecule has 1 fully saturated rings. The lowest BCUT2D eigenvalue weighted by Gasteiger charge is -2.28. The van der Waals surface area contributed by atoms with Crippen LogP contribution in [0.25, 0.3) is 0 Å². The van der Waals surface area contributed by atoms with Crippen LogP contribution in [-0.2, 0) is 17.8 Å². The van der Waals surface area contributed by atoms with Crippen molar-refractivity contribution in [3.8, 4) is 11.5 Å². The molecule has 0 saturated carbocycles. The second-order valence-corrected chi connectivity index (χ2v) is 7.57. The number of rotatable bonds is 3. The van der Waals surface area contributed by atoms with Gasteiger partial charge in [-0.2, -0.15) is 8.78 Å². The Labute approximate surface area is 183 Å². The molecule has 1 atom stereocenters. The van der Waals surface area contributed by atoms with Crippen LogP contribution in [0.3, 0.4) is 0 Å². The maximum atomic E-state index is 13.8. The number of nitrogens with zero attached hydrogens (tertiary/aromatic N) is 2. The van der Waals surface area contributed by atoms with Crippen LogP contribution in [0, 0.1) is 29.1 Å². The van der Waals surface area contributed by atoms with Gasteiger partial charge in [0.05, 0.1) is 5.69 Å². The first-order valence-corrected chi connectivity index (χ1v) is 9.78. The number of ether oxygens (including phenoxy) is 1. The molecule has 0 aliphatic carbocycles. The average Bonchev–Trinajstić information content (AvgIpc) is 3.07. The van der Waals surface area contributed by atoms with E-state index in [1.54, 1.807) is 0 Å². The van der Waals surface area contributed by atoms with E-state index in [-0.39, 0.29) is 18.0 Å². The molecule has 1 unspecified atom stereocenters. The van der Waals surface area contributed by atoms with Crippen LogP contribution >= 0.6 is 0 Å². The Hall–Kier alpha value is -3.95. The van der Waals surface area contributed by atoms with Gasteiger partial charge in [-0.1, -0.05) is 24.3 Å². The van der Waals surface area contributed by atoms with Gasteiger partial charge >= 0.3 is 6.03 Å². The fraction of sp³-hybridized carbons (Fsp3) is 0.130. The summed E-state index contributed by atoms with van der Waals surface area (Å²) in [5.74, 6) is -12.9. The lowest BCUT2D eigenvalue weighted by molar-refractivity contribution is -0.120. The quantitative estimate of drug-likeness (QED) is 0.238. The minimum Gasteiger partial charge on any atom is -0.451 e. The van der Waals surface area contributed by atoms with Crippen molar-refractivity contribution in [2.24, 2.45) is 0 Å². The largest absolute Gasteiger partial charge is 0.451 e. The Morgan fingerprint density at radius 2 is 1.33 bits per heavy atom. The minimum absolute atomic E-state index is 0.174. The van der Waals surface area contributed by atoms with Crippen LogP contribution in [0.15, 0.2) is 48.5 Å². The number of imide groups is 1. The van der Waals surface area contributed by atoms with Gasteiger partial charge in [-0.05, 0) is 35.4 Å². The van der Waals surface area contributed by atoms with E-state index in [4.69, 9.17) is 4.74 Å². The predicted octanol–water partition coefficient (Wildman–Crippen LogP) is 5.07. The molecule has 168 valence electrons. The summed E-state index contributed by atoms with van der Waals surface area (Å²) >= 11 is 0. The van der Waals surface area contributed by atoms with Crippen molar-refractivity contribution in [2.45, 2.75) is 19.0 Å². The van der Waals surface area contributed by atoms with Crippen LogP contribution in [0.1, 0.15) is 11.1 Å². The summed E-state index contributed by atoms with van der Waals surface area (Å²) in [6.45, 7) is 0.281. The Morgan fingerprint density at radius 1 is 0.758 bits per heavy atom. The third kappa shape index (κ3) is 3.21. The third-order valence-corrected chi connectivity index (χ3v) is 5.68. The Balaban J connectivity index is 1.40. The molecule has 10 heteroatoms. The zero-order chi connectivity index (χ0) is 23.4. The van der Waals surface area contributed by atoms with Crippen LogP contribution in [0.4, 0.5) is 32.4 Å². The molecule has 2 heterocycles. The fourth-order valence-electron chi connectivity index (χ4n) is 4.01. The van der Waals surface area contributed by atoms with Crippen molar-refractivity contribution >= 4 is 17.6 Å². The molecular weight excluding hydrogens is 447 g/mol. The Bertz CT molecular complexity index is 1240. The van der Waals surface area contributed by atoms with Gasteiger partial charge in [0.25, 0.3) is 5.91 Å². The second kappa shape index (κ2) is 7.58. The smallest absolute Gasteiger partial charge is 0.332 e. The van der Waals surface area contributed by atoms with E-state index in [1.807, 2.05) is 24.3 Å². The molecule has 3 aromatic carbocycles. The molecule has 0 bridgehead atoms. The van der Waals surface area contributed by atoms with Crippen LogP contribution in [0.5, 0.6) is 11.5 Å². The van der Waals surface area contributed by atoms with Crippen molar-refractivity contribution in [3.63, 3.8) is 0 Å². The number of fused-ring (bicyclic) bond motifs is 2. The molecule has 5 nitrogen and oxygen atoms in total. The van der Waals surface area contributed by atoms with Crippen LogP contribution < -0.4 is 9.64 Å². The molecule has 2 aliphatic rings. The van der Waals surface area contributed by atoms with Crippen LogP contribution in [-0.4, -0.2) is 22.9 Å². The molecule has 2 aliphatic heterocycles. The van der Waals surface area contributed by atoms with Gasteiger partial charge in [-0.25, -0.2) is 22.9 Å². The normalized spacial score (nSPS) is 17.3. The monoisotopic (exact) mass is 460 g/mol. The van der Waals surface area contributed by atoms with Crippen molar-refractivity contribution in [1.82, 2.24) is 4.90 Å². The van der Waals surface area contributed by atoms with Gasteiger partial charge in [0.2, 0.25) is 34.8 Å². The summed E-state index contributed by atoms with van der Waals surface area (Å²) < 4.78 is 72.5. The molecule has 0 aromatic heterocycles. The van der Waals surface area contributed by atoms with Crippen molar-refractivity contribution < 1.29 is 36.3 Å². The summed E-state index contributed by atoms with van der Waals surface area (Å²) in [5, 5.41) is 0. The van der Waals surface area contributed by atoms with Gasteiger partial charge in [-0.15, -0.1) is 0 Å². The highest BCUT2D eigenvalue weighted by atomic mass is 19.2. The number of hydrogen-bond donors (Lipinski definition) is 0. The predicted molar refractivity (Wildman–Crippen MR) is 105 cm³/mol. The molecule has 3 aromatic rings. The summed E-state index contributed by atoms with van der Waals surface area (Å²) in [5.41, 5.74) is 2.10. The first kappa shape index (κ1) is 20.9. The van der Waals surface area contributed by atoms with E-state index < -0.39 is 52.8 Å². The molecule has 1 saturated heterocycles. The number of halogens is 5. The van der Waals surface area contributed by atoms with E-state index >= 15 is 0 Å². The van der Waals surface area contributed by atoms with E-state index in [2.05, 4.69) is 0 Å². The first-order chi connectivity index (χ1) is 15.8. The number of hydrogen-bond acceptors (Lipinski definition) is 3. The number of anilines is 1. The first-order valence-electron chi connectivity index (χ1n) is 9.78. The van der Waals surface area contributed by atoms with Gasteiger partial charge in [0, 0.05) is 13.0 Å². The average molecular weight is 460 g/mol. The van der Waals surface area contributed by atoms with Gasteiger partial charge < -0.3 is 9.64 Å². The molecule has 33 heavy (non-hydrogen) atoms. The third-order valence-electron chi connectivity index (χ3n) is 5.68. The number of amides is 3. The van der Waals surface area contributed by atoms with Gasteiger partial charge in [0.1, 0.15) is 11.8 Å². The molecular formula is C23H13F5N2O3. The lowest BCUT2D eigenvalue weighted by atomic mass is 9.95. The Morgan fingerprint density at radius 3 is 1.97 bits per heavy atom. The number of carbonyl (C=O) groups excluding carboxylic acids is 2. The van der Waals surface area contributed by atoms with E-state index in [0.717, 1.165) is 28.2 Å². The zero-order valence-corrected chi connectivity index (χ0v) is 16.6. The maximum absolute atomic E-state index is 13.8. The van der Waals surface area contributed by atoms with E-state index in [9.17, 15) is 31.5 Å². The van der Waals surface area contributed by atoms with Crippen LogP contribution in [0.2, 0.25) is 0 Å². The molecule has 0 spiro atoms. The Kier molecular flexibility index (Phi) is 4.80. The van der Waals surface area contributed by atoms with Crippen molar-refractivity contribution in [3.05, 3.63) is 88.7 Å². The topological polar surface area (TPSA) is 49.9 Å². The molecule has 0 N–H and O–H groups in total. The van der Waals surface area contributed by atoms with Gasteiger partial charge in [0.15, 0.2) is 0 Å². The summed E-state index contributed by atoms with van der Waals surface area (Å²) in [6.07, 6.45) is 0.374. The number of benzene rings is 3. The highest BCUT2D eigenvalue weighted by molar-refractivity contribution is 6.21. The highest BCUT2D eigenvalue weighted by Gasteiger charge is 2.47. The maximum Gasteiger partial charge on any atom is 0.332 e. The molecule has 3 amide bonds. The summed E-state index contributed by atoms with van der Waals surface area (Å²) in [6, 6.07) is 11.2. The number of urea groups is 1.